The largest absolute Gasteiger partial charge is 0.311 e. The number of hydrogen-bond donors (Lipinski definition) is 0. The van der Waals surface area contributed by atoms with Crippen LogP contribution in [0.15, 0.2) is 54.7 Å². The van der Waals surface area contributed by atoms with Gasteiger partial charge >= 0.3 is 0 Å². The third-order valence-corrected chi connectivity index (χ3v) is 5.26. The highest BCUT2D eigenvalue weighted by Gasteiger charge is 2.19. The van der Waals surface area contributed by atoms with Crippen molar-refractivity contribution in [2.45, 2.75) is 46.0 Å². The third-order valence-electron chi connectivity index (χ3n) is 5.03. The second-order valence-corrected chi connectivity index (χ2v) is 7.57. The number of fused-ring (bicyclic) bond motifs is 1. The number of nitrogens with zero attached hydrogens (tertiary/aromatic N) is 2. The maximum atomic E-state index is 12.5. The molecule has 0 spiro atoms. The van der Waals surface area contributed by atoms with Crippen LogP contribution in [0.3, 0.4) is 0 Å². The van der Waals surface area contributed by atoms with Crippen LogP contribution in [0.5, 0.6) is 0 Å². The summed E-state index contributed by atoms with van der Waals surface area (Å²) in [5, 5.41) is 1.63. The second kappa shape index (κ2) is 9.70. The van der Waals surface area contributed by atoms with Crippen LogP contribution in [0.2, 0.25) is 5.02 Å². The second-order valence-electron chi connectivity index (χ2n) is 7.13. The molecule has 4 heteroatoms. The standard InChI is InChI=1S/C24H27ClN2O/c1-3-4-5-6-10-15-27(18(2)28)23-17-26-22-14-13-20(25)16-21(22)24(23)19-11-8-7-9-12-19/h7-9,11-14,16-17H,3-6,10,15H2,1-2H3. The summed E-state index contributed by atoms with van der Waals surface area (Å²) in [7, 11) is 0. The van der Waals surface area contributed by atoms with Crippen LogP contribution < -0.4 is 4.90 Å². The zero-order valence-corrected chi connectivity index (χ0v) is 17.4. The number of aromatic nitrogens is 1. The number of carbonyl (C=O) groups is 1. The minimum Gasteiger partial charge on any atom is -0.311 e. The Labute approximate surface area is 172 Å². The third kappa shape index (κ3) is 4.71. The molecule has 0 atom stereocenters. The Hall–Kier alpha value is -2.39. The van der Waals surface area contributed by atoms with E-state index in [1.54, 1.807) is 6.92 Å². The molecule has 146 valence electrons. The molecular formula is C24H27ClN2O. The summed E-state index contributed by atoms with van der Waals surface area (Å²) >= 11 is 6.30. The van der Waals surface area contributed by atoms with Crippen molar-refractivity contribution >= 4 is 34.1 Å². The van der Waals surface area contributed by atoms with Crippen LogP contribution in [-0.2, 0) is 4.79 Å². The maximum Gasteiger partial charge on any atom is 0.223 e. The summed E-state index contributed by atoms with van der Waals surface area (Å²) in [6.45, 7) is 4.54. The topological polar surface area (TPSA) is 33.2 Å². The lowest BCUT2D eigenvalue weighted by Crippen LogP contribution is -2.30. The zero-order valence-electron chi connectivity index (χ0n) is 16.6. The van der Waals surface area contributed by atoms with Crippen LogP contribution in [0.1, 0.15) is 46.0 Å². The fraction of sp³-hybridized carbons (Fsp3) is 0.333. The van der Waals surface area contributed by atoms with Crippen LogP contribution in [-0.4, -0.2) is 17.4 Å². The normalized spacial score (nSPS) is 11.0. The van der Waals surface area contributed by atoms with Crippen molar-refractivity contribution in [3.63, 3.8) is 0 Å². The summed E-state index contributed by atoms with van der Waals surface area (Å²) in [5.41, 5.74) is 3.80. The molecule has 0 aliphatic heterocycles. The van der Waals surface area contributed by atoms with Gasteiger partial charge in [-0.25, -0.2) is 0 Å². The van der Waals surface area contributed by atoms with Gasteiger partial charge in [-0.05, 0) is 30.2 Å². The van der Waals surface area contributed by atoms with Crippen molar-refractivity contribution in [1.29, 1.82) is 0 Å². The number of unbranched alkanes of at least 4 members (excludes halogenated alkanes) is 4. The van der Waals surface area contributed by atoms with E-state index >= 15 is 0 Å². The SMILES string of the molecule is CCCCCCCN(C(C)=O)c1cnc2ccc(Cl)cc2c1-c1ccccc1. The number of anilines is 1. The number of amides is 1. The van der Waals surface area contributed by atoms with Gasteiger partial charge in [-0.15, -0.1) is 0 Å². The maximum absolute atomic E-state index is 12.5. The number of halogens is 1. The van der Waals surface area contributed by atoms with E-state index in [1.807, 2.05) is 47.5 Å². The van der Waals surface area contributed by atoms with Crippen LogP contribution in [0.4, 0.5) is 5.69 Å². The van der Waals surface area contributed by atoms with E-state index in [0.29, 0.717) is 11.6 Å². The van der Waals surface area contributed by atoms with Gasteiger partial charge in [-0.2, -0.15) is 0 Å². The molecule has 28 heavy (non-hydrogen) atoms. The molecule has 0 fully saturated rings. The van der Waals surface area contributed by atoms with Gasteiger partial charge in [-0.1, -0.05) is 74.5 Å². The molecule has 3 aromatic rings. The summed E-state index contributed by atoms with van der Waals surface area (Å²) in [6.07, 6.45) is 7.60. The molecule has 3 nitrogen and oxygen atoms in total. The fourth-order valence-corrected chi connectivity index (χ4v) is 3.76. The van der Waals surface area contributed by atoms with Gasteiger partial charge in [0, 0.05) is 29.4 Å². The highest BCUT2D eigenvalue weighted by molar-refractivity contribution is 6.31. The van der Waals surface area contributed by atoms with Crippen molar-refractivity contribution in [2.75, 3.05) is 11.4 Å². The molecule has 1 heterocycles. The van der Waals surface area contributed by atoms with Crippen molar-refractivity contribution in [3.8, 4) is 11.1 Å². The molecule has 0 saturated carbocycles. The van der Waals surface area contributed by atoms with Crippen molar-refractivity contribution in [3.05, 3.63) is 59.8 Å². The molecular weight excluding hydrogens is 368 g/mol. The molecule has 0 N–H and O–H groups in total. The monoisotopic (exact) mass is 394 g/mol. The van der Waals surface area contributed by atoms with Crippen molar-refractivity contribution in [1.82, 2.24) is 4.98 Å². The van der Waals surface area contributed by atoms with E-state index in [4.69, 9.17) is 11.6 Å². The number of carbonyl (C=O) groups excluding carboxylic acids is 1. The minimum atomic E-state index is 0.0378. The molecule has 0 radical (unpaired) electrons. The Kier molecular flexibility index (Phi) is 7.05. The summed E-state index contributed by atoms with van der Waals surface area (Å²) in [5.74, 6) is 0.0378. The molecule has 0 bridgehead atoms. The van der Waals surface area contributed by atoms with E-state index in [1.165, 1.54) is 19.3 Å². The number of benzene rings is 2. The average molecular weight is 395 g/mol. The Bertz CT molecular complexity index is 940. The lowest BCUT2D eigenvalue weighted by Gasteiger charge is -2.25. The van der Waals surface area contributed by atoms with Crippen LogP contribution >= 0.6 is 11.6 Å². The smallest absolute Gasteiger partial charge is 0.223 e. The van der Waals surface area contributed by atoms with Gasteiger partial charge < -0.3 is 4.90 Å². The van der Waals surface area contributed by atoms with Gasteiger partial charge in [0.05, 0.1) is 17.4 Å². The molecule has 1 amide bonds. The Balaban J connectivity index is 2.06. The first-order chi connectivity index (χ1) is 13.6. The van der Waals surface area contributed by atoms with Crippen LogP contribution in [0, 0.1) is 0 Å². The number of rotatable bonds is 8. The van der Waals surface area contributed by atoms with Gasteiger partial charge in [0.15, 0.2) is 0 Å². The van der Waals surface area contributed by atoms with Crippen molar-refractivity contribution < 1.29 is 4.79 Å². The molecule has 3 rings (SSSR count). The predicted octanol–water partition coefficient (Wildman–Crippen LogP) is 6.88. The minimum absolute atomic E-state index is 0.0378. The highest BCUT2D eigenvalue weighted by Crippen LogP contribution is 2.37. The lowest BCUT2D eigenvalue weighted by atomic mass is 9.98. The molecule has 1 aromatic heterocycles. The summed E-state index contributed by atoms with van der Waals surface area (Å²) in [6, 6.07) is 15.9. The summed E-state index contributed by atoms with van der Waals surface area (Å²) < 4.78 is 0. The average Bonchev–Trinajstić information content (AvgIpc) is 2.70. The highest BCUT2D eigenvalue weighted by atomic mass is 35.5. The van der Waals surface area contributed by atoms with E-state index < -0.39 is 0 Å². The van der Waals surface area contributed by atoms with Gasteiger partial charge in [-0.3, -0.25) is 9.78 Å². The van der Waals surface area contributed by atoms with E-state index in [2.05, 4.69) is 24.0 Å². The lowest BCUT2D eigenvalue weighted by molar-refractivity contribution is -0.116. The van der Waals surface area contributed by atoms with E-state index in [9.17, 15) is 4.79 Å². The Morgan fingerprint density at radius 3 is 2.50 bits per heavy atom. The number of hydrogen-bond acceptors (Lipinski definition) is 2. The molecule has 0 aliphatic carbocycles. The van der Waals surface area contributed by atoms with E-state index in [-0.39, 0.29) is 5.91 Å². The first kappa shape index (κ1) is 20.3. The van der Waals surface area contributed by atoms with Gasteiger partial charge in [0.25, 0.3) is 0 Å². The van der Waals surface area contributed by atoms with Gasteiger partial charge in [0.1, 0.15) is 0 Å². The molecule has 0 unspecified atom stereocenters. The van der Waals surface area contributed by atoms with E-state index in [0.717, 1.165) is 40.6 Å². The first-order valence-electron chi connectivity index (χ1n) is 10.0. The Morgan fingerprint density at radius 2 is 1.79 bits per heavy atom. The fourth-order valence-electron chi connectivity index (χ4n) is 3.59. The zero-order chi connectivity index (χ0) is 19.9. The quantitative estimate of drug-likeness (QED) is 0.390. The Morgan fingerprint density at radius 1 is 1.04 bits per heavy atom. The predicted molar refractivity (Wildman–Crippen MR) is 119 cm³/mol. The van der Waals surface area contributed by atoms with Gasteiger partial charge in [0.2, 0.25) is 5.91 Å². The van der Waals surface area contributed by atoms with Crippen LogP contribution in [0.25, 0.3) is 22.0 Å². The van der Waals surface area contributed by atoms with Crippen molar-refractivity contribution in [2.24, 2.45) is 0 Å². The number of pyridine rings is 1. The molecule has 0 aliphatic rings. The molecule has 0 saturated heterocycles. The first-order valence-corrected chi connectivity index (χ1v) is 10.4. The summed E-state index contributed by atoms with van der Waals surface area (Å²) in [4.78, 5) is 19.0. The molecule has 2 aromatic carbocycles.